The van der Waals surface area contributed by atoms with Crippen LogP contribution in [0, 0.1) is 0 Å². The number of benzene rings is 1. The highest BCUT2D eigenvalue weighted by Crippen LogP contribution is 2.13. The van der Waals surface area contributed by atoms with Crippen LogP contribution >= 0.6 is 12.2 Å². The number of nitrogens with one attached hydrogen (secondary N) is 3. The fraction of sp³-hybridized carbons (Fsp3) is 0.500. The summed E-state index contributed by atoms with van der Waals surface area (Å²) in [6, 6.07) is 7.62. The second-order valence-corrected chi connectivity index (χ2v) is 6.44. The minimum atomic E-state index is -0.214. The molecule has 3 rings (SSSR count). The number of thiocarbonyl (C=S) groups is 1. The van der Waals surface area contributed by atoms with Crippen molar-refractivity contribution in [2.75, 3.05) is 19.6 Å². The van der Waals surface area contributed by atoms with Crippen molar-refractivity contribution < 1.29 is 4.79 Å². The highest BCUT2D eigenvalue weighted by atomic mass is 32.1. The van der Waals surface area contributed by atoms with Gasteiger partial charge < -0.3 is 15.5 Å². The lowest BCUT2D eigenvalue weighted by atomic mass is 9.95. The lowest BCUT2D eigenvalue weighted by Gasteiger charge is -2.27. The van der Waals surface area contributed by atoms with Gasteiger partial charge in [-0.1, -0.05) is 41.9 Å². The SMILES string of the molecule is [B]c1ccc(CNC(=S)[C@@H]2NCCN2C(=O)[C@@H]2CCCN2)cc1. The average molecular weight is 328 g/mol. The van der Waals surface area contributed by atoms with Crippen LogP contribution in [0.4, 0.5) is 0 Å². The number of hydrogen-bond donors (Lipinski definition) is 3. The zero-order chi connectivity index (χ0) is 16.2. The first-order chi connectivity index (χ1) is 11.1. The third kappa shape index (κ3) is 3.91. The Morgan fingerprint density at radius 3 is 2.78 bits per heavy atom. The Bertz CT molecular complexity index is 574. The highest BCUT2D eigenvalue weighted by Gasteiger charge is 2.35. The molecule has 120 valence electrons. The molecule has 2 aliphatic heterocycles. The van der Waals surface area contributed by atoms with E-state index in [2.05, 4.69) is 16.0 Å². The zero-order valence-electron chi connectivity index (χ0n) is 13.0. The summed E-state index contributed by atoms with van der Waals surface area (Å²) >= 11 is 5.50. The predicted molar refractivity (Wildman–Crippen MR) is 95.8 cm³/mol. The van der Waals surface area contributed by atoms with Crippen LogP contribution in [0.15, 0.2) is 24.3 Å². The fourth-order valence-corrected chi connectivity index (χ4v) is 3.33. The van der Waals surface area contributed by atoms with Gasteiger partial charge >= 0.3 is 0 Å². The average Bonchev–Trinajstić information content (AvgIpc) is 3.24. The minimum absolute atomic E-state index is 0.0581. The van der Waals surface area contributed by atoms with Crippen LogP contribution in [0.25, 0.3) is 0 Å². The van der Waals surface area contributed by atoms with Gasteiger partial charge in [-0.3, -0.25) is 10.1 Å². The summed E-state index contributed by atoms with van der Waals surface area (Å²) < 4.78 is 0. The number of nitrogens with zero attached hydrogens (tertiary/aromatic N) is 1. The van der Waals surface area contributed by atoms with E-state index in [9.17, 15) is 4.79 Å². The molecule has 0 bridgehead atoms. The van der Waals surface area contributed by atoms with Crippen molar-refractivity contribution in [3.05, 3.63) is 29.8 Å². The summed E-state index contributed by atoms with van der Waals surface area (Å²) in [5.41, 5.74) is 1.85. The van der Waals surface area contributed by atoms with Gasteiger partial charge in [-0.15, -0.1) is 0 Å². The third-order valence-electron chi connectivity index (χ3n) is 4.34. The van der Waals surface area contributed by atoms with Crippen molar-refractivity contribution >= 4 is 36.4 Å². The molecule has 3 N–H and O–H groups in total. The molecule has 1 amide bonds. The van der Waals surface area contributed by atoms with Crippen molar-refractivity contribution in [1.82, 2.24) is 20.9 Å². The molecule has 0 aromatic heterocycles. The Morgan fingerprint density at radius 1 is 1.30 bits per heavy atom. The van der Waals surface area contributed by atoms with Crippen molar-refractivity contribution in [3.63, 3.8) is 0 Å². The van der Waals surface area contributed by atoms with Gasteiger partial charge in [0.1, 0.15) is 19.0 Å². The van der Waals surface area contributed by atoms with Crippen LogP contribution < -0.4 is 21.4 Å². The summed E-state index contributed by atoms with van der Waals surface area (Å²) in [6.45, 7) is 3.02. The molecule has 23 heavy (non-hydrogen) atoms. The van der Waals surface area contributed by atoms with Crippen LogP contribution in [-0.2, 0) is 11.3 Å². The van der Waals surface area contributed by atoms with Gasteiger partial charge in [-0.05, 0) is 24.9 Å². The molecule has 5 nitrogen and oxygen atoms in total. The molecule has 0 aliphatic carbocycles. The van der Waals surface area contributed by atoms with Crippen LogP contribution in [0.3, 0.4) is 0 Å². The van der Waals surface area contributed by atoms with E-state index in [-0.39, 0.29) is 18.1 Å². The Kier molecular flexibility index (Phi) is 5.30. The molecule has 0 saturated carbocycles. The lowest BCUT2D eigenvalue weighted by Crippen LogP contribution is -2.53. The molecule has 0 unspecified atom stereocenters. The van der Waals surface area contributed by atoms with Gasteiger partial charge in [0, 0.05) is 19.6 Å². The van der Waals surface area contributed by atoms with Crippen LogP contribution in [0.1, 0.15) is 18.4 Å². The van der Waals surface area contributed by atoms with E-state index in [0.717, 1.165) is 37.0 Å². The summed E-state index contributed by atoms with van der Waals surface area (Å²) in [7, 11) is 5.69. The second kappa shape index (κ2) is 7.42. The van der Waals surface area contributed by atoms with Crippen LogP contribution in [0.5, 0.6) is 0 Å². The van der Waals surface area contributed by atoms with Gasteiger partial charge in [0.2, 0.25) is 5.91 Å². The van der Waals surface area contributed by atoms with E-state index >= 15 is 0 Å². The third-order valence-corrected chi connectivity index (χ3v) is 4.71. The standard InChI is InChI=1S/C16H21BN4OS/c17-12-5-3-11(4-6-12)10-20-15(23)14-19-8-9-21(14)16(22)13-2-1-7-18-13/h3-6,13-14,18-19H,1-2,7-10H2,(H,20,23)/t13-,14+/m0/s1. The summed E-state index contributed by atoms with van der Waals surface area (Å²) in [5.74, 6) is 0.147. The van der Waals surface area contributed by atoms with Gasteiger partial charge in [0.25, 0.3) is 0 Å². The first kappa shape index (κ1) is 16.4. The van der Waals surface area contributed by atoms with E-state index in [4.69, 9.17) is 20.1 Å². The van der Waals surface area contributed by atoms with Gasteiger partial charge in [-0.2, -0.15) is 0 Å². The highest BCUT2D eigenvalue weighted by molar-refractivity contribution is 7.80. The maximum Gasteiger partial charge on any atom is 0.241 e. The molecule has 2 aliphatic rings. The molecular formula is C16H21BN4OS. The van der Waals surface area contributed by atoms with E-state index in [0.29, 0.717) is 18.1 Å². The zero-order valence-corrected chi connectivity index (χ0v) is 13.9. The topological polar surface area (TPSA) is 56.4 Å². The summed E-state index contributed by atoms with van der Waals surface area (Å²) in [4.78, 5) is 15.1. The maximum atomic E-state index is 12.6. The minimum Gasteiger partial charge on any atom is -0.373 e. The number of hydrogen-bond acceptors (Lipinski definition) is 4. The number of carbonyl (C=O) groups is 1. The summed E-state index contributed by atoms with van der Waals surface area (Å²) in [5, 5.41) is 9.82. The van der Waals surface area contributed by atoms with Crippen molar-refractivity contribution in [1.29, 1.82) is 0 Å². The van der Waals surface area contributed by atoms with E-state index < -0.39 is 0 Å². The van der Waals surface area contributed by atoms with Crippen molar-refractivity contribution in [3.8, 4) is 0 Å². The second-order valence-electron chi connectivity index (χ2n) is 6.00. The molecule has 0 spiro atoms. The molecular weight excluding hydrogens is 307 g/mol. The molecule has 2 atom stereocenters. The molecule has 2 radical (unpaired) electrons. The Morgan fingerprint density at radius 2 is 2.09 bits per heavy atom. The molecule has 1 aromatic carbocycles. The van der Waals surface area contributed by atoms with E-state index in [1.165, 1.54) is 0 Å². The molecule has 2 heterocycles. The van der Waals surface area contributed by atoms with E-state index in [1.807, 2.05) is 29.2 Å². The van der Waals surface area contributed by atoms with Crippen LogP contribution in [0.2, 0.25) is 0 Å². The largest absolute Gasteiger partial charge is 0.373 e. The fourth-order valence-electron chi connectivity index (χ4n) is 3.05. The quantitative estimate of drug-likeness (QED) is 0.509. The number of amides is 1. The van der Waals surface area contributed by atoms with Crippen molar-refractivity contribution in [2.45, 2.75) is 31.6 Å². The normalized spacial score (nSPS) is 23.9. The molecule has 2 saturated heterocycles. The number of carbonyl (C=O) groups excluding carboxylic acids is 1. The van der Waals surface area contributed by atoms with Crippen molar-refractivity contribution in [2.24, 2.45) is 0 Å². The predicted octanol–water partition coefficient (Wildman–Crippen LogP) is -0.593. The molecule has 2 fully saturated rings. The van der Waals surface area contributed by atoms with Gasteiger partial charge in [0.05, 0.1) is 6.04 Å². The molecule has 1 aromatic rings. The Labute approximate surface area is 143 Å². The maximum absolute atomic E-state index is 12.6. The first-order valence-electron chi connectivity index (χ1n) is 8.04. The monoisotopic (exact) mass is 328 g/mol. The number of rotatable bonds is 4. The smallest absolute Gasteiger partial charge is 0.241 e. The Hall–Kier alpha value is -1.44. The van der Waals surface area contributed by atoms with Crippen LogP contribution in [-0.4, -0.2) is 55.5 Å². The molecule has 7 heteroatoms. The Balaban J connectivity index is 1.57. The van der Waals surface area contributed by atoms with Gasteiger partial charge in [0.15, 0.2) is 0 Å². The first-order valence-corrected chi connectivity index (χ1v) is 8.45. The summed E-state index contributed by atoms with van der Waals surface area (Å²) in [6.07, 6.45) is 1.75. The lowest BCUT2D eigenvalue weighted by molar-refractivity contribution is -0.132. The van der Waals surface area contributed by atoms with E-state index in [1.54, 1.807) is 0 Å². The van der Waals surface area contributed by atoms with Gasteiger partial charge in [-0.25, -0.2) is 0 Å².